The van der Waals surface area contributed by atoms with E-state index in [9.17, 15) is 26.4 Å². The minimum atomic E-state index is -4.48. The van der Waals surface area contributed by atoms with Gasteiger partial charge in [0.2, 0.25) is 10.0 Å². The molecule has 0 heterocycles. The van der Waals surface area contributed by atoms with Gasteiger partial charge < -0.3 is 5.11 Å². The largest absolute Gasteiger partial charge is 0.481 e. The number of aliphatic carboxylic acids is 1. The summed E-state index contributed by atoms with van der Waals surface area (Å²) < 4.78 is 65.5. The SMILES string of the molecule is O=C(O)CC(NS(=O)(=O)c1ccc(F)c(F)c1F)C1CC1. The summed E-state index contributed by atoms with van der Waals surface area (Å²) in [4.78, 5) is 9.67. The van der Waals surface area contributed by atoms with E-state index >= 15 is 0 Å². The molecule has 1 aliphatic carbocycles. The third-order valence-corrected chi connectivity index (χ3v) is 4.69. The first kappa shape index (κ1) is 15.8. The molecule has 0 spiro atoms. The summed E-state index contributed by atoms with van der Waals surface area (Å²) in [5.74, 6) is -6.58. The average Bonchev–Trinajstić information content (AvgIpc) is 3.18. The van der Waals surface area contributed by atoms with Crippen molar-refractivity contribution in [2.75, 3.05) is 0 Å². The molecule has 0 aliphatic heterocycles. The lowest BCUT2D eigenvalue weighted by Crippen LogP contribution is -2.38. The standard InChI is InChI=1S/C12H12F3NO4S/c13-7-3-4-9(12(15)11(7)14)21(19,20)16-8(5-10(17)18)6-1-2-6/h3-4,6,8,16H,1-2,5H2,(H,17,18). The smallest absolute Gasteiger partial charge is 0.304 e. The van der Waals surface area contributed by atoms with Crippen molar-refractivity contribution in [2.24, 2.45) is 5.92 Å². The summed E-state index contributed by atoms with van der Waals surface area (Å²) in [5.41, 5.74) is 0. The minimum absolute atomic E-state index is 0.149. The molecule has 1 aromatic rings. The first-order chi connectivity index (χ1) is 9.72. The van der Waals surface area contributed by atoms with Gasteiger partial charge in [0.25, 0.3) is 0 Å². The third-order valence-electron chi connectivity index (χ3n) is 3.18. The maximum atomic E-state index is 13.5. The zero-order chi connectivity index (χ0) is 15.8. The molecular weight excluding hydrogens is 311 g/mol. The quantitative estimate of drug-likeness (QED) is 0.780. The van der Waals surface area contributed by atoms with Gasteiger partial charge in [0.1, 0.15) is 4.90 Å². The van der Waals surface area contributed by atoms with Gasteiger partial charge in [-0.2, -0.15) is 0 Å². The average molecular weight is 323 g/mol. The Morgan fingerprint density at radius 3 is 2.43 bits per heavy atom. The van der Waals surface area contributed by atoms with Crippen LogP contribution in [0, 0.1) is 23.4 Å². The highest BCUT2D eigenvalue weighted by Gasteiger charge is 2.36. The van der Waals surface area contributed by atoms with Crippen molar-refractivity contribution in [3.05, 3.63) is 29.6 Å². The van der Waals surface area contributed by atoms with Gasteiger partial charge in [0.15, 0.2) is 17.5 Å². The summed E-state index contributed by atoms with van der Waals surface area (Å²) in [6.07, 6.45) is 0.844. The molecule has 1 fully saturated rings. The predicted molar refractivity (Wildman–Crippen MR) is 65.4 cm³/mol. The van der Waals surface area contributed by atoms with Crippen LogP contribution in [-0.2, 0) is 14.8 Å². The monoisotopic (exact) mass is 323 g/mol. The summed E-state index contributed by atoms with van der Waals surface area (Å²) in [6, 6.07) is 0.192. The first-order valence-electron chi connectivity index (χ1n) is 6.10. The van der Waals surface area contributed by atoms with Gasteiger partial charge in [-0.25, -0.2) is 26.3 Å². The zero-order valence-electron chi connectivity index (χ0n) is 10.6. The van der Waals surface area contributed by atoms with Crippen molar-refractivity contribution in [1.29, 1.82) is 0 Å². The molecule has 0 amide bonds. The number of carboxylic acids is 1. The second-order valence-electron chi connectivity index (χ2n) is 4.84. The van der Waals surface area contributed by atoms with Crippen molar-refractivity contribution < 1.29 is 31.5 Å². The lowest BCUT2D eigenvalue weighted by molar-refractivity contribution is -0.137. The van der Waals surface area contributed by atoms with E-state index in [4.69, 9.17) is 5.11 Å². The molecule has 5 nitrogen and oxygen atoms in total. The second kappa shape index (κ2) is 5.64. The molecule has 1 aliphatic rings. The molecule has 21 heavy (non-hydrogen) atoms. The summed E-state index contributed by atoms with van der Waals surface area (Å²) >= 11 is 0. The molecule has 0 saturated heterocycles. The van der Waals surface area contributed by atoms with E-state index in [1.807, 2.05) is 0 Å². The number of rotatable bonds is 6. The van der Waals surface area contributed by atoms with E-state index in [1.54, 1.807) is 0 Å². The first-order valence-corrected chi connectivity index (χ1v) is 7.58. The highest BCUT2D eigenvalue weighted by Crippen LogP contribution is 2.35. The van der Waals surface area contributed by atoms with E-state index < -0.39 is 50.8 Å². The molecule has 0 aromatic heterocycles. The maximum Gasteiger partial charge on any atom is 0.304 e. The normalized spacial score (nSPS) is 16.7. The van der Waals surface area contributed by atoms with Gasteiger partial charge >= 0.3 is 5.97 Å². The Hall–Kier alpha value is -1.61. The van der Waals surface area contributed by atoms with Crippen molar-refractivity contribution >= 4 is 16.0 Å². The van der Waals surface area contributed by atoms with Gasteiger partial charge in [0, 0.05) is 6.04 Å². The number of hydrogen-bond acceptors (Lipinski definition) is 3. The Morgan fingerprint density at radius 1 is 1.29 bits per heavy atom. The Kier molecular flexibility index (Phi) is 4.24. The Balaban J connectivity index is 2.29. The minimum Gasteiger partial charge on any atom is -0.481 e. The number of benzene rings is 1. The molecule has 0 radical (unpaired) electrons. The van der Waals surface area contributed by atoms with E-state index in [0.717, 1.165) is 0 Å². The third kappa shape index (κ3) is 3.53. The van der Waals surface area contributed by atoms with Crippen molar-refractivity contribution in [3.63, 3.8) is 0 Å². The van der Waals surface area contributed by atoms with E-state index in [-0.39, 0.29) is 5.92 Å². The van der Waals surface area contributed by atoms with E-state index in [2.05, 4.69) is 4.72 Å². The zero-order valence-corrected chi connectivity index (χ0v) is 11.5. The lowest BCUT2D eigenvalue weighted by Gasteiger charge is -2.16. The molecule has 1 aromatic carbocycles. The Morgan fingerprint density at radius 2 is 1.90 bits per heavy atom. The highest BCUT2D eigenvalue weighted by atomic mass is 32.2. The predicted octanol–water partition coefficient (Wildman–Crippen LogP) is 1.64. The summed E-state index contributed by atoms with van der Waals surface area (Å²) in [6.45, 7) is 0. The number of sulfonamides is 1. The molecule has 0 bridgehead atoms. The van der Waals surface area contributed by atoms with Crippen molar-refractivity contribution in [3.8, 4) is 0 Å². The van der Waals surface area contributed by atoms with Crippen LogP contribution >= 0.6 is 0 Å². The Labute approximate surface area is 118 Å². The van der Waals surface area contributed by atoms with Crippen LogP contribution in [0.1, 0.15) is 19.3 Å². The molecule has 9 heteroatoms. The van der Waals surface area contributed by atoms with Crippen LogP contribution in [0.4, 0.5) is 13.2 Å². The number of nitrogens with one attached hydrogen (secondary N) is 1. The number of hydrogen-bond donors (Lipinski definition) is 2. The fourth-order valence-corrected chi connectivity index (χ4v) is 3.34. The van der Waals surface area contributed by atoms with Gasteiger partial charge in [-0.3, -0.25) is 4.79 Å². The van der Waals surface area contributed by atoms with Gasteiger partial charge in [-0.1, -0.05) is 0 Å². The fraction of sp³-hybridized carbons (Fsp3) is 0.417. The van der Waals surface area contributed by atoms with Crippen LogP contribution in [0.25, 0.3) is 0 Å². The summed E-state index contributed by atoms with van der Waals surface area (Å²) in [7, 11) is -4.48. The molecule has 116 valence electrons. The van der Waals surface area contributed by atoms with Gasteiger partial charge in [-0.05, 0) is 30.9 Å². The van der Waals surface area contributed by atoms with Crippen molar-refractivity contribution in [1.82, 2.24) is 4.72 Å². The van der Waals surface area contributed by atoms with Crippen LogP contribution < -0.4 is 4.72 Å². The highest BCUT2D eigenvalue weighted by molar-refractivity contribution is 7.89. The molecule has 1 atom stereocenters. The fourth-order valence-electron chi connectivity index (χ4n) is 1.97. The molecular formula is C12H12F3NO4S. The maximum absolute atomic E-state index is 13.5. The lowest BCUT2D eigenvalue weighted by atomic mass is 10.1. The van der Waals surface area contributed by atoms with Gasteiger partial charge in [0.05, 0.1) is 6.42 Å². The van der Waals surface area contributed by atoms with E-state index in [0.29, 0.717) is 25.0 Å². The molecule has 1 unspecified atom stereocenters. The van der Waals surface area contributed by atoms with Crippen LogP contribution in [0.3, 0.4) is 0 Å². The molecule has 2 rings (SSSR count). The van der Waals surface area contributed by atoms with Crippen LogP contribution in [-0.4, -0.2) is 25.5 Å². The number of carbonyl (C=O) groups is 1. The van der Waals surface area contributed by atoms with E-state index in [1.165, 1.54) is 0 Å². The van der Waals surface area contributed by atoms with Crippen LogP contribution in [0.15, 0.2) is 17.0 Å². The van der Waals surface area contributed by atoms with Gasteiger partial charge in [-0.15, -0.1) is 0 Å². The molecule has 1 saturated carbocycles. The van der Waals surface area contributed by atoms with Crippen LogP contribution in [0.2, 0.25) is 0 Å². The number of halogens is 3. The topological polar surface area (TPSA) is 83.5 Å². The Bertz CT molecular complexity index is 673. The molecule has 2 N–H and O–H groups in total. The summed E-state index contributed by atoms with van der Waals surface area (Å²) in [5, 5.41) is 8.74. The second-order valence-corrected chi connectivity index (χ2v) is 6.52. The van der Waals surface area contributed by atoms with Crippen LogP contribution in [0.5, 0.6) is 0 Å². The number of carboxylic acid groups (broad SMARTS) is 1. The van der Waals surface area contributed by atoms with Crippen molar-refractivity contribution in [2.45, 2.75) is 30.2 Å².